The third-order valence-electron chi connectivity index (χ3n) is 2.21. The normalized spacial score (nSPS) is 26.4. The summed E-state index contributed by atoms with van der Waals surface area (Å²) in [7, 11) is -3.99. The second-order valence-electron chi connectivity index (χ2n) is 3.28. The molecular weight excluding hydrogens is 221 g/mol. The van der Waals surface area contributed by atoms with Crippen molar-refractivity contribution in [1.29, 1.82) is 0 Å². The summed E-state index contributed by atoms with van der Waals surface area (Å²) >= 11 is 0. The maximum Gasteiger partial charge on any atom is 0.393 e. The number of hydrogen-bond donors (Lipinski definition) is 1. The predicted octanol–water partition coefficient (Wildman–Crippen LogP) is 0.464. The number of alkyl halides is 3. The Kier molecular flexibility index (Phi) is 3.07. The number of rotatable bonds is 1. The molecule has 14 heavy (non-hydrogen) atoms. The maximum absolute atomic E-state index is 12.2. The summed E-state index contributed by atoms with van der Waals surface area (Å²) in [6.45, 7) is -0.478. The van der Waals surface area contributed by atoms with Crippen molar-refractivity contribution in [1.82, 2.24) is 4.31 Å². The van der Waals surface area contributed by atoms with Crippen LogP contribution in [-0.4, -0.2) is 32.0 Å². The van der Waals surface area contributed by atoms with Gasteiger partial charge in [-0.25, -0.2) is 5.14 Å². The minimum absolute atomic E-state index is 0.0322. The second kappa shape index (κ2) is 3.67. The molecule has 4 nitrogen and oxygen atoms in total. The number of hydrogen-bond acceptors (Lipinski definition) is 2. The molecule has 0 amide bonds. The van der Waals surface area contributed by atoms with Gasteiger partial charge in [-0.15, -0.1) is 0 Å². The van der Waals surface area contributed by atoms with E-state index in [4.69, 9.17) is 5.14 Å². The van der Waals surface area contributed by atoms with Gasteiger partial charge in [0.2, 0.25) is 0 Å². The van der Waals surface area contributed by atoms with Gasteiger partial charge in [-0.2, -0.15) is 25.9 Å². The zero-order chi connectivity index (χ0) is 11.0. The van der Waals surface area contributed by atoms with Crippen LogP contribution in [0.3, 0.4) is 0 Å². The number of nitrogens with two attached hydrogens (primary N) is 1. The minimum Gasteiger partial charge on any atom is -0.216 e. The highest BCUT2D eigenvalue weighted by molar-refractivity contribution is 7.86. The molecule has 1 heterocycles. The van der Waals surface area contributed by atoms with Gasteiger partial charge in [-0.05, 0) is 12.8 Å². The molecule has 1 rings (SSSR count). The predicted molar refractivity (Wildman–Crippen MR) is 43.5 cm³/mol. The highest BCUT2D eigenvalue weighted by Crippen LogP contribution is 2.33. The monoisotopic (exact) mass is 232 g/mol. The lowest BCUT2D eigenvalue weighted by atomic mass is 9.99. The first-order valence-electron chi connectivity index (χ1n) is 4.06. The van der Waals surface area contributed by atoms with E-state index in [1.807, 2.05) is 0 Å². The van der Waals surface area contributed by atoms with E-state index in [-0.39, 0.29) is 19.4 Å². The number of halogens is 3. The molecule has 0 spiro atoms. The zero-order valence-corrected chi connectivity index (χ0v) is 8.11. The topological polar surface area (TPSA) is 63.4 Å². The standard InChI is InChI=1S/C6H11F3N2O2S/c7-6(8,9)5-2-1-3-11(4-5)14(10,12)13/h5H,1-4H2,(H2,10,12,13). The van der Waals surface area contributed by atoms with Crippen LogP contribution in [0.1, 0.15) is 12.8 Å². The molecule has 1 aliphatic heterocycles. The van der Waals surface area contributed by atoms with Crippen LogP contribution >= 0.6 is 0 Å². The molecule has 0 aromatic rings. The Morgan fingerprint density at radius 1 is 1.36 bits per heavy atom. The third kappa shape index (κ3) is 2.82. The first-order valence-corrected chi connectivity index (χ1v) is 5.56. The average molecular weight is 232 g/mol. The van der Waals surface area contributed by atoms with E-state index in [0.29, 0.717) is 4.31 Å². The fraction of sp³-hybridized carbons (Fsp3) is 1.00. The van der Waals surface area contributed by atoms with E-state index in [1.54, 1.807) is 0 Å². The van der Waals surface area contributed by atoms with Crippen LogP contribution in [0.5, 0.6) is 0 Å². The molecule has 0 aromatic heterocycles. The van der Waals surface area contributed by atoms with E-state index in [2.05, 4.69) is 0 Å². The summed E-state index contributed by atoms with van der Waals surface area (Å²) in [6.07, 6.45) is -4.18. The van der Waals surface area contributed by atoms with Crippen molar-refractivity contribution in [2.45, 2.75) is 19.0 Å². The Morgan fingerprint density at radius 3 is 2.36 bits per heavy atom. The van der Waals surface area contributed by atoms with Crippen molar-refractivity contribution in [3.8, 4) is 0 Å². The van der Waals surface area contributed by atoms with E-state index in [9.17, 15) is 21.6 Å². The molecule has 0 aliphatic carbocycles. The maximum atomic E-state index is 12.2. The smallest absolute Gasteiger partial charge is 0.216 e. The molecule has 0 radical (unpaired) electrons. The Morgan fingerprint density at radius 2 is 1.93 bits per heavy atom. The SMILES string of the molecule is NS(=O)(=O)N1CCCC(C(F)(F)F)C1. The summed E-state index contributed by atoms with van der Waals surface area (Å²) in [5.74, 6) is -1.59. The minimum atomic E-state index is -4.34. The van der Waals surface area contributed by atoms with Crippen LogP contribution < -0.4 is 5.14 Å². The summed E-state index contributed by atoms with van der Waals surface area (Å²) in [5, 5.41) is 4.75. The molecule has 84 valence electrons. The lowest BCUT2D eigenvalue weighted by Gasteiger charge is -2.31. The second-order valence-corrected chi connectivity index (χ2v) is 4.83. The van der Waals surface area contributed by atoms with Crippen molar-refractivity contribution in [2.24, 2.45) is 11.1 Å². The molecular formula is C6H11F3N2O2S. The van der Waals surface area contributed by atoms with Gasteiger partial charge in [0.05, 0.1) is 5.92 Å². The quantitative estimate of drug-likeness (QED) is 0.714. The largest absolute Gasteiger partial charge is 0.393 e. The lowest BCUT2D eigenvalue weighted by Crippen LogP contribution is -2.47. The average Bonchev–Trinajstić information content (AvgIpc) is 2.01. The Balaban J connectivity index is 2.71. The molecule has 2 N–H and O–H groups in total. The van der Waals surface area contributed by atoms with Crippen molar-refractivity contribution in [2.75, 3.05) is 13.1 Å². The first kappa shape index (κ1) is 11.7. The number of nitrogens with zero attached hydrogens (tertiary/aromatic N) is 1. The Bertz CT molecular complexity index is 301. The van der Waals surface area contributed by atoms with Gasteiger partial charge in [0.25, 0.3) is 10.2 Å². The van der Waals surface area contributed by atoms with Crippen molar-refractivity contribution in [3.63, 3.8) is 0 Å². The highest BCUT2D eigenvalue weighted by atomic mass is 32.2. The van der Waals surface area contributed by atoms with Crippen molar-refractivity contribution in [3.05, 3.63) is 0 Å². The van der Waals surface area contributed by atoms with E-state index in [0.717, 1.165) is 0 Å². The van der Waals surface area contributed by atoms with Gasteiger partial charge < -0.3 is 0 Å². The van der Waals surface area contributed by atoms with Gasteiger partial charge in [0.15, 0.2) is 0 Å². The summed E-state index contributed by atoms with van der Waals surface area (Å²) in [5.41, 5.74) is 0. The van der Waals surface area contributed by atoms with Gasteiger partial charge in [-0.1, -0.05) is 0 Å². The van der Waals surface area contributed by atoms with Crippen LogP contribution in [0.4, 0.5) is 13.2 Å². The number of piperidine rings is 1. The fourth-order valence-electron chi connectivity index (χ4n) is 1.44. The van der Waals surface area contributed by atoms with Crippen molar-refractivity contribution < 1.29 is 21.6 Å². The molecule has 1 fully saturated rings. The summed E-state index contributed by atoms with van der Waals surface area (Å²) in [4.78, 5) is 0. The molecule has 0 bridgehead atoms. The molecule has 1 aliphatic rings. The molecule has 1 saturated heterocycles. The summed E-state index contributed by atoms with van der Waals surface area (Å²) in [6, 6.07) is 0. The van der Waals surface area contributed by atoms with E-state index >= 15 is 0 Å². The van der Waals surface area contributed by atoms with Crippen LogP contribution in [-0.2, 0) is 10.2 Å². The Labute approximate surface area is 80.1 Å². The first-order chi connectivity index (χ1) is 6.21. The highest BCUT2D eigenvalue weighted by Gasteiger charge is 2.43. The van der Waals surface area contributed by atoms with Gasteiger partial charge in [0, 0.05) is 13.1 Å². The third-order valence-corrected chi connectivity index (χ3v) is 3.26. The van der Waals surface area contributed by atoms with Crippen LogP contribution in [0.15, 0.2) is 0 Å². The lowest BCUT2D eigenvalue weighted by molar-refractivity contribution is -0.182. The Hall–Kier alpha value is -0.340. The molecule has 8 heteroatoms. The van der Waals surface area contributed by atoms with Gasteiger partial charge >= 0.3 is 6.18 Å². The van der Waals surface area contributed by atoms with E-state index in [1.165, 1.54) is 0 Å². The van der Waals surface area contributed by atoms with E-state index < -0.39 is 28.8 Å². The molecule has 0 aromatic carbocycles. The van der Waals surface area contributed by atoms with Crippen LogP contribution in [0, 0.1) is 5.92 Å². The van der Waals surface area contributed by atoms with Crippen LogP contribution in [0.2, 0.25) is 0 Å². The van der Waals surface area contributed by atoms with Crippen LogP contribution in [0.25, 0.3) is 0 Å². The van der Waals surface area contributed by atoms with Gasteiger partial charge in [0.1, 0.15) is 0 Å². The van der Waals surface area contributed by atoms with Gasteiger partial charge in [-0.3, -0.25) is 0 Å². The molecule has 1 atom stereocenters. The van der Waals surface area contributed by atoms with Crippen molar-refractivity contribution >= 4 is 10.2 Å². The summed E-state index contributed by atoms with van der Waals surface area (Å²) < 4.78 is 59.0. The zero-order valence-electron chi connectivity index (χ0n) is 7.29. The molecule has 1 unspecified atom stereocenters. The fourth-order valence-corrected chi connectivity index (χ4v) is 2.21. The molecule has 0 saturated carbocycles.